The Kier molecular flexibility index (Phi) is 7.04. The van der Waals surface area contributed by atoms with Gasteiger partial charge in [-0.3, -0.25) is 14.5 Å². The van der Waals surface area contributed by atoms with Gasteiger partial charge in [0.25, 0.3) is 0 Å². The molecule has 1 aliphatic rings. The molecule has 0 aromatic carbocycles. The predicted octanol–water partition coefficient (Wildman–Crippen LogP) is -0.551. The molecule has 0 aromatic heterocycles. The number of nitrogens with two attached hydrogens (primary N) is 1. The van der Waals surface area contributed by atoms with Crippen molar-refractivity contribution < 1.29 is 27.3 Å². The number of nitrogens with zero attached hydrogens (tertiary/aromatic N) is 1. The van der Waals surface area contributed by atoms with E-state index in [1.807, 2.05) is 6.92 Å². The Morgan fingerprint density at radius 2 is 1.86 bits per heavy atom. The largest absolute Gasteiger partial charge is 0.623 e. The van der Waals surface area contributed by atoms with E-state index in [4.69, 9.17) is 14.4 Å². The number of likely N-dealkylation sites (N-methyl/N-ethyl adjacent to an activating group) is 1. The quantitative estimate of drug-likeness (QED) is 0.394. The van der Waals surface area contributed by atoms with Crippen molar-refractivity contribution in [1.82, 2.24) is 4.90 Å². The van der Waals surface area contributed by atoms with Crippen molar-refractivity contribution in [3.8, 4) is 0 Å². The zero-order chi connectivity index (χ0) is 16.8. The normalized spacial score (nSPS) is 19.5. The number of hydrogen-bond donors (Lipinski definition) is 1. The van der Waals surface area contributed by atoms with Gasteiger partial charge in [-0.05, 0) is 13.5 Å². The molecule has 1 heterocycles. The van der Waals surface area contributed by atoms with Crippen LogP contribution in [0.3, 0.4) is 0 Å². The van der Waals surface area contributed by atoms with Crippen molar-refractivity contribution in [2.75, 3.05) is 20.1 Å². The Balaban J connectivity index is 2.93. The van der Waals surface area contributed by atoms with Gasteiger partial charge in [-0.15, -0.1) is 0 Å². The lowest BCUT2D eigenvalue weighted by molar-refractivity contribution is -0.145. The zero-order valence-corrected chi connectivity index (χ0v) is 13.5. The second-order valence-corrected chi connectivity index (χ2v) is 6.87. The van der Waals surface area contributed by atoms with E-state index >= 15 is 0 Å². The first-order valence-electron chi connectivity index (χ1n) is 6.99. The molecule has 0 spiro atoms. The van der Waals surface area contributed by atoms with E-state index in [1.54, 1.807) is 13.1 Å². The summed E-state index contributed by atoms with van der Waals surface area (Å²) in [4.78, 5) is 24.7. The van der Waals surface area contributed by atoms with Gasteiger partial charge in [0.2, 0.25) is 10.0 Å². The lowest BCUT2D eigenvalue weighted by atomic mass is 9.83. The topological polar surface area (TPSA) is 116 Å². The average molecular weight is 332 g/mol. The highest BCUT2D eigenvalue weighted by Gasteiger charge is 2.44. The van der Waals surface area contributed by atoms with Crippen LogP contribution in [-0.4, -0.2) is 57.7 Å². The number of carbonyl (C=O) groups is 2. The van der Waals surface area contributed by atoms with E-state index in [0.29, 0.717) is 6.42 Å². The third kappa shape index (κ3) is 6.16. The molecule has 124 valence electrons. The predicted molar refractivity (Wildman–Crippen MR) is 81.0 cm³/mol. The summed E-state index contributed by atoms with van der Waals surface area (Å²) < 4.78 is 33.3. The van der Waals surface area contributed by atoms with Crippen LogP contribution in [0.4, 0.5) is 0 Å². The zero-order valence-electron chi connectivity index (χ0n) is 12.7. The summed E-state index contributed by atoms with van der Waals surface area (Å²) in [5.74, 6) is -1.37. The molecule has 0 aromatic rings. The Morgan fingerprint density at radius 1 is 1.32 bits per heavy atom. The highest BCUT2D eigenvalue weighted by Crippen LogP contribution is 2.11. The number of sulfonamides is 1. The lowest BCUT2D eigenvalue weighted by Gasteiger charge is -2.24. The molecule has 1 rings (SSSR count). The molecule has 1 unspecified atom stereocenters. The molecular formula is C12H21BN2O6S. The summed E-state index contributed by atoms with van der Waals surface area (Å²) >= 11 is 0. The minimum absolute atomic E-state index is 0.136. The molecule has 0 bridgehead atoms. The highest BCUT2D eigenvalue weighted by atomic mass is 32.2. The molecule has 0 radical (unpaired) electrons. The molecule has 1 aliphatic heterocycles. The van der Waals surface area contributed by atoms with Crippen LogP contribution in [0.15, 0.2) is 12.2 Å². The van der Waals surface area contributed by atoms with E-state index < -0.39 is 34.2 Å². The summed E-state index contributed by atoms with van der Waals surface area (Å²) in [5.41, 5.74) is 0. The Morgan fingerprint density at radius 3 is 2.32 bits per heavy atom. The van der Waals surface area contributed by atoms with E-state index in [0.717, 1.165) is 12.8 Å². The number of rotatable bonds is 6. The van der Waals surface area contributed by atoms with Crippen LogP contribution in [0.2, 0.25) is 0 Å². The molecule has 1 fully saturated rings. The summed E-state index contributed by atoms with van der Waals surface area (Å²) in [6, 6.07) is 0. The van der Waals surface area contributed by atoms with Gasteiger partial charge in [0, 0.05) is 0 Å². The molecule has 0 aliphatic carbocycles. The monoisotopic (exact) mass is 332 g/mol. The standard InChI is InChI=1S/C12H21BN2O6S/c1-3-4-5-6-7-10(22(14,18)19)13-20-11(16)8-15(2)9-12(17)21-13/h6-7,10H,3-5,8-9H2,1-2H3,(H2,14,18,19). The molecule has 22 heavy (non-hydrogen) atoms. The summed E-state index contributed by atoms with van der Waals surface area (Å²) in [6.45, 7) is 1.73. The maximum atomic E-state index is 11.7. The van der Waals surface area contributed by atoms with Gasteiger partial charge in [-0.1, -0.05) is 31.9 Å². The Bertz CT molecular complexity index is 516. The summed E-state index contributed by atoms with van der Waals surface area (Å²) in [5, 5.41) is 3.75. The number of unbranched alkanes of at least 4 members (excludes halogenated alkanes) is 2. The third-order valence-corrected chi connectivity index (χ3v) is 4.13. The molecule has 10 heteroatoms. The molecule has 8 nitrogen and oxygen atoms in total. The fourth-order valence-corrected chi connectivity index (χ4v) is 2.65. The Labute approximate surface area is 130 Å². The van der Waals surface area contributed by atoms with Crippen molar-refractivity contribution in [3.05, 3.63) is 12.2 Å². The molecule has 1 atom stereocenters. The fraction of sp³-hybridized carbons (Fsp3) is 0.667. The van der Waals surface area contributed by atoms with Gasteiger partial charge in [0.05, 0.1) is 13.1 Å². The maximum Gasteiger partial charge on any atom is 0.623 e. The minimum Gasteiger partial charge on any atom is -0.497 e. The van der Waals surface area contributed by atoms with Gasteiger partial charge < -0.3 is 9.31 Å². The van der Waals surface area contributed by atoms with Gasteiger partial charge in [0.15, 0.2) is 5.15 Å². The number of primary sulfonamides is 1. The van der Waals surface area contributed by atoms with Crippen molar-refractivity contribution in [2.45, 2.75) is 31.3 Å². The van der Waals surface area contributed by atoms with E-state index in [1.165, 1.54) is 11.0 Å². The van der Waals surface area contributed by atoms with Crippen molar-refractivity contribution in [1.29, 1.82) is 0 Å². The minimum atomic E-state index is -4.10. The van der Waals surface area contributed by atoms with Crippen LogP contribution in [0, 0.1) is 0 Å². The van der Waals surface area contributed by atoms with Crippen molar-refractivity contribution >= 4 is 29.1 Å². The summed E-state index contributed by atoms with van der Waals surface area (Å²) in [6.07, 6.45) is 5.42. The van der Waals surface area contributed by atoms with Gasteiger partial charge in [0.1, 0.15) is 0 Å². The first-order valence-corrected chi connectivity index (χ1v) is 8.60. The van der Waals surface area contributed by atoms with Crippen LogP contribution in [0.1, 0.15) is 26.2 Å². The SMILES string of the molecule is CCCCC=CC(B1OC(=O)CN(C)CC(=O)O1)S(N)(=O)=O. The maximum absolute atomic E-state index is 11.7. The number of allylic oxidation sites excluding steroid dienone is 1. The van der Waals surface area contributed by atoms with E-state index in [9.17, 15) is 18.0 Å². The van der Waals surface area contributed by atoms with Crippen LogP contribution >= 0.6 is 0 Å². The van der Waals surface area contributed by atoms with Gasteiger partial charge in [-0.2, -0.15) is 0 Å². The van der Waals surface area contributed by atoms with Crippen LogP contribution in [0.25, 0.3) is 0 Å². The van der Waals surface area contributed by atoms with Crippen molar-refractivity contribution in [3.63, 3.8) is 0 Å². The number of carbonyl (C=O) groups excluding carboxylic acids is 2. The molecule has 1 saturated heterocycles. The molecule has 0 amide bonds. The first kappa shape index (κ1) is 18.7. The third-order valence-electron chi connectivity index (χ3n) is 2.99. The molecule has 0 saturated carbocycles. The smallest absolute Gasteiger partial charge is 0.497 e. The number of hydrogen-bond acceptors (Lipinski definition) is 7. The van der Waals surface area contributed by atoms with Gasteiger partial charge >= 0.3 is 19.1 Å². The highest BCUT2D eigenvalue weighted by molar-refractivity contribution is 7.91. The fourth-order valence-electron chi connectivity index (χ4n) is 1.90. The Hall–Kier alpha value is -1.39. The van der Waals surface area contributed by atoms with E-state index in [2.05, 4.69) is 0 Å². The lowest BCUT2D eigenvalue weighted by Crippen LogP contribution is -2.51. The van der Waals surface area contributed by atoms with Crippen molar-refractivity contribution in [2.24, 2.45) is 5.14 Å². The second-order valence-electron chi connectivity index (χ2n) is 5.14. The summed E-state index contributed by atoms with van der Waals surface area (Å²) in [7, 11) is -4.12. The first-order chi connectivity index (χ1) is 10.2. The average Bonchev–Trinajstić information content (AvgIpc) is 2.34. The second kappa shape index (κ2) is 8.30. The van der Waals surface area contributed by atoms with Crippen LogP contribution in [-0.2, 0) is 28.9 Å². The van der Waals surface area contributed by atoms with Crippen LogP contribution < -0.4 is 5.14 Å². The van der Waals surface area contributed by atoms with E-state index in [-0.39, 0.29) is 13.1 Å². The molecule has 2 N–H and O–H groups in total. The molecular weight excluding hydrogens is 311 g/mol. The van der Waals surface area contributed by atoms with Crippen LogP contribution in [0.5, 0.6) is 0 Å². The van der Waals surface area contributed by atoms with Gasteiger partial charge in [-0.25, -0.2) is 13.6 Å².